The van der Waals surface area contributed by atoms with Crippen molar-refractivity contribution in [3.05, 3.63) is 94.6 Å². The minimum absolute atomic E-state index is 0. The third kappa shape index (κ3) is 3.81. The average Bonchev–Trinajstić information content (AvgIpc) is 2.97. The first-order valence-electron chi connectivity index (χ1n) is 9.50. The van der Waals surface area contributed by atoms with Crippen molar-refractivity contribution in [2.24, 2.45) is 7.05 Å². The molecular formula is C24H23ClFN3O. The second kappa shape index (κ2) is 8.67. The van der Waals surface area contributed by atoms with Crippen molar-refractivity contribution in [1.82, 2.24) is 9.55 Å². The van der Waals surface area contributed by atoms with Gasteiger partial charge in [-0.3, -0.25) is 4.79 Å². The van der Waals surface area contributed by atoms with Crippen LogP contribution in [0.5, 0.6) is 0 Å². The first-order chi connectivity index (χ1) is 14.0. The molecule has 0 saturated heterocycles. The van der Waals surface area contributed by atoms with E-state index < -0.39 is 5.82 Å². The van der Waals surface area contributed by atoms with E-state index in [0.717, 1.165) is 27.8 Å². The van der Waals surface area contributed by atoms with Crippen LogP contribution in [0, 0.1) is 19.7 Å². The molecule has 0 unspecified atom stereocenters. The number of ketones is 1. The molecule has 6 heteroatoms. The highest BCUT2D eigenvalue weighted by Gasteiger charge is 2.16. The van der Waals surface area contributed by atoms with E-state index in [9.17, 15) is 9.18 Å². The third-order valence-corrected chi connectivity index (χ3v) is 5.51. The summed E-state index contributed by atoms with van der Waals surface area (Å²) in [6.07, 6.45) is 1.77. The Kier molecular flexibility index (Phi) is 6.22. The van der Waals surface area contributed by atoms with Crippen LogP contribution >= 0.6 is 12.4 Å². The summed E-state index contributed by atoms with van der Waals surface area (Å²) >= 11 is 0. The van der Waals surface area contributed by atoms with Gasteiger partial charge in [0, 0.05) is 42.0 Å². The van der Waals surface area contributed by atoms with Gasteiger partial charge in [0.05, 0.1) is 5.52 Å². The zero-order chi connectivity index (χ0) is 20.5. The molecule has 4 aromatic rings. The molecule has 1 N–H and O–H groups in total. The van der Waals surface area contributed by atoms with E-state index in [1.54, 1.807) is 36.5 Å². The van der Waals surface area contributed by atoms with Gasteiger partial charge in [0.25, 0.3) is 0 Å². The lowest BCUT2D eigenvalue weighted by atomic mass is 9.98. The van der Waals surface area contributed by atoms with Crippen LogP contribution in [0.15, 0.2) is 60.8 Å². The van der Waals surface area contributed by atoms with Crippen molar-refractivity contribution in [2.45, 2.75) is 20.4 Å². The zero-order valence-corrected chi connectivity index (χ0v) is 17.9. The van der Waals surface area contributed by atoms with Gasteiger partial charge in [-0.25, -0.2) is 9.37 Å². The predicted molar refractivity (Wildman–Crippen MR) is 121 cm³/mol. The molecule has 0 aliphatic carbocycles. The summed E-state index contributed by atoms with van der Waals surface area (Å²) in [4.78, 5) is 17.4. The van der Waals surface area contributed by atoms with Crippen LogP contribution in [0.1, 0.15) is 32.7 Å². The van der Waals surface area contributed by atoms with Crippen LogP contribution in [0.4, 0.5) is 10.2 Å². The molecule has 154 valence electrons. The maximum Gasteiger partial charge on any atom is 0.193 e. The molecule has 30 heavy (non-hydrogen) atoms. The van der Waals surface area contributed by atoms with Crippen LogP contribution in [0.25, 0.3) is 10.9 Å². The molecule has 2 aromatic carbocycles. The monoisotopic (exact) mass is 423 g/mol. The van der Waals surface area contributed by atoms with Gasteiger partial charge in [0.15, 0.2) is 5.78 Å². The third-order valence-electron chi connectivity index (χ3n) is 5.51. The van der Waals surface area contributed by atoms with Gasteiger partial charge in [0.1, 0.15) is 11.6 Å². The molecule has 0 spiro atoms. The number of carbonyl (C=O) groups is 1. The van der Waals surface area contributed by atoms with Crippen molar-refractivity contribution in [3.8, 4) is 0 Å². The highest BCUT2D eigenvalue weighted by molar-refractivity contribution is 6.10. The summed E-state index contributed by atoms with van der Waals surface area (Å²) in [6.45, 7) is 4.52. The summed E-state index contributed by atoms with van der Waals surface area (Å²) < 4.78 is 16.0. The number of aromatic nitrogens is 2. The minimum Gasteiger partial charge on any atom is -0.365 e. The Bertz CT molecular complexity index is 1220. The lowest BCUT2D eigenvalue weighted by Gasteiger charge is -2.12. The number of carbonyl (C=O) groups excluding carboxylic acids is 1. The van der Waals surface area contributed by atoms with E-state index in [-0.39, 0.29) is 18.2 Å². The molecule has 2 heterocycles. The molecular weight excluding hydrogens is 401 g/mol. The Labute approximate surface area is 181 Å². The van der Waals surface area contributed by atoms with Crippen molar-refractivity contribution in [3.63, 3.8) is 0 Å². The Morgan fingerprint density at radius 2 is 1.83 bits per heavy atom. The number of benzene rings is 2. The molecule has 0 fully saturated rings. The number of nitrogens with one attached hydrogen (secondary N) is 1. The molecule has 4 nitrogen and oxygen atoms in total. The van der Waals surface area contributed by atoms with Gasteiger partial charge >= 0.3 is 0 Å². The zero-order valence-electron chi connectivity index (χ0n) is 17.1. The van der Waals surface area contributed by atoms with Crippen LogP contribution in [-0.2, 0) is 13.6 Å². The normalized spacial score (nSPS) is 10.7. The second-order valence-electron chi connectivity index (χ2n) is 7.17. The lowest BCUT2D eigenvalue weighted by Crippen LogP contribution is -2.10. The maximum atomic E-state index is 13.9. The van der Waals surface area contributed by atoms with Crippen LogP contribution in [0.2, 0.25) is 0 Å². The molecule has 0 aliphatic heterocycles. The highest BCUT2D eigenvalue weighted by atomic mass is 35.5. The number of aryl methyl sites for hydroxylation is 2. The van der Waals surface area contributed by atoms with Crippen molar-refractivity contribution < 1.29 is 9.18 Å². The van der Waals surface area contributed by atoms with Crippen LogP contribution < -0.4 is 5.32 Å². The van der Waals surface area contributed by atoms with Crippen molar-refractivity contribution >= 4 is 34.9 Å². The van der Waals surface area contributed by atoms with Crippen LogP contribution in [-0.4, -0.2) is 15.3 Å². The van der Waals surface area contributed by atoms with E-state index in [1.807, 2.05) is 19.2 Å². The van der Waals surface area contributed by atoms with E-state index in [2.05, 4.69) is 28.7 Å². The van der Waals surface area contributed by atoms with E-state index in [1.165, 1.54) is 17.8 Å². The number of hydrogen-bond acceptors (Lipinski definition) is 3. The summed E-state index contributed by atoms with van der Waals surface area (Å²) in [7, 11) is 2.03. The van der Waals surface area contributed by atoms with E-state index in [0.29, 0.717) is 17.7 Å². The quantitative estimate of drug-likeness (QED) is 0.425. The molecule has 2 aromatic heterocycles. The lowest BCUT2D eigenvalue weighted by molar-refractivity contribution is 0.103. The standard InChI is InChI=1S/C24H22FN3O.ClH/c1-15-16(2)28(3)21-11-12-26-24(22(15)21)27-14-18-9-10-19(25)13-20(18)23(29)17-7-5-4-6-8-17;/h4-13H,14H2,1-3H3,(H,26,27);1H. The minimum atomic E-state index is -0.428. The summed E-state index contributed by atoms with van der Waals surface area (Å²) in [5, 5.41) is 4.41. The number of anilines is 1. The molecule has 4 rings (SSSR count). The Morgan fingerprint density at radius 3 is 2.57 bits per heavy atom. The summed E-state index contributed by atoms with van der Waals surface area (Å²) in [5.41, 5.74) is 5.06. The van der Waals surface area contributed by atoms with Gasteiger partial charge in [-0.05, 0) is 43.2 Å². The molecule has 0 radical (unpaired) electrons. The van der Waals surface area contributed by atoms with Gasteiger partial charge < -0.3 is 9.88 Å². The number of rotatable bonds is 5. The summed E-state index contributed by atoms with van der Waals surface area (Å²) in [6, 6.07) is 15.3. The van der Waals surface area contributed by atoms with Gasteiger partial charge in [0.2, 0.25) is 0 Å². The van der Waals surface area contributed by atoms with Crippen LogP contribution in [0.3, 0.4) is 0 Å². The highest BCUT2D eigenvalue weighted by Crippen LogP contribution is 2.29. The molecule has 0 amide bonds. The number of hydrogen-bond donors (Lipinski definition) is 1. The van der Waals surface area contributed by atoms with Crippen molar-refractivity contribution in [2.75, 3.05) is 5.32 Å². The van der Waals surface area contributed by atoms with Gasteiger partial charge in [-0.1, -0.05) is 36.4 Å². The smallest absolute Gasteiger partial charge is 0.193 e. The van der Waals surface area contributed by atoms with Gasteiger partial charge in [-0.2, -0.15) is 0 Å². The molecule has 0 aliphatic rings. The molecule has 0 saturated carbocycles. The number of halogens is 2. The topological polar surface area (TPSA) is 46.9 Å². The fourth-order valence-electron chi connectivity index (χ4n) is 3.69. The number of fused-ring (bicyclic) bond motifs is 1. The SMILES string of the molecule is Cc1c(C)n(C)c2ccnc(NCc3ccc(F)cc3C(=O)c3ccccc3)c12.Cl. The summed E-state index contributed by atoms with van der Waals surface area (Å²) in [5.74, 6) is 0.133. The fourth-order valence-corrected chi connectivity index (χ4v) is 3.69. The Hall–Kier alpha value is -3.18. The average molecular weight is 424 g/mol. The van der Waals surface area contributed by atoms with Gasteiger partial charge in [-0.15, -0.1) is 12.4 Å². The van der Waals surface area contributed by atoms with Crippen molar-refractivity contribution in [1.29, 1.82) is 0 Å². The Morgan fingerprint density at radius 1 is 1.10 bits per heavy atom. The second-order valence-corrected chi connectivity index (χ2v) is 7.17. The first-order valence-corrected chi connectivity index (χ1v) is 9.50. The largest absolute Gasteiger partial charge is 0.365 e. The number of pyridine rings is 1. The first kappa shape index (κ1) is 21.5. The number of nitrogens with zero attached hydrogens (tertiary/aromatic N) is 2. The molecule has 0 bridgehead atoms. The molecule has 0 atom stereocenters. The van der Waals surface area contributed by atoms with E-state index in [4.69, 9.17) is 0 Å². The Balaban J connectivity index is 0.00000256. The van der Waals surface area contributed by atoms with E-state index >= 15 is 0 Å². The predicted octanol–water partition coefficient (Wildman–Crippen LogP) is 5.59. The maximum absolute atomic E-state index is 13.9. The fraction of sp³-hybridized carbons (Fsp3) is 0.167.